The molecular weight excluding hydrogens is 340 g/mol. The second-order valence-electron chi connectivity index (χ2n) is 7.19. The van der Waals surface area contributed by atoms with Gasteiger partial charge in [0.1, 0.15) is 0 Å². The van der Waals surface area contributed by atoms with Crippen LogP contribution < -0.4 is 16.0 Å². The highest BCUT2D eigenvalue weighted by Gasteiger charge is 2.28. The number of rotatable bonds is 9. The summed E-state index contributed by atoms with van der Waals surface area (Å²) in [5.41, 5.74) is 0. The van der Waals surface area contributed by atoms with Crippen molar-refractivity contribution in [2.45, 2.75) is 65.5 Å². The average Bonchev–Trinajstić information content (AvgIpc) is 2.84. The molecule has 1 aliphatic rings. The van der Waals surface area contributed by atoms with Crippen LogP contribution in [0.5, 0.6) is 0 Å². The molecule has 146 valence electrons. The molecule has 0 aromatic carbocycles. The molecule has 7 nitrogen and oxygen atoms in total. The van der Waals surface area contributed by atoms with Gasteiger partial charge in [-0.1, -0.05) is 13.8 Å². The van der Waals surface area contributed by atoms with Crippen molar-refractivity contribution in [2.24, 2.45) is 10.9 Å². The standard InChI is InChI=1S/C17H34N4O3S/c1-5-18-17(20-14(4)7-6-13(2)3)19-10-8-16(22)21-15-9-11-25(23,24)12-15/h13-15H,5-12H2,1-4H3,(H,21,22)(H2,18,19,20). The van der Waals surface area contributed by atoms with Gasteiger partial charge in [0.05, 0.1) is 18.1 Å². The van der Waals surface area contributed by atoms with Gasteiger partial charge in [0, 0.05) is 25.0 Å². The van der Waals surface area contributed by atoms with Crippen LogP contribution in [0.2, 0.25) is 0 Å². The molecular formula is C17H34N4O3S. The first kappa shape index (κ1) is 21.7. The first-order valence-corrected chi connectivity index (χ1v) is 11.1. The van der Waals surface area contributed by atoms with E-state index in [2.05, 4.69) is 41.7 Å². The van der Waals surface area contributed by atoms with Gasteiger partial charge in [-0.3, -0.25) is 9.79 Å². The summed E-state index contributed by atoms with van der Waals surface area (Å²) in [5, 5.41) is 9.33. The number of amides is 1. The minimum Gasteiger partial charge on any atom is -0.357 e. The van der Waals surface area contributed by atoms with Crippen LogP contribution in [0.4, 0.5) is 0 Å². The summed E-state index contributed by atoms with van der Waals surface area (Å²) >= 11 is 0. The highest BCUT2D eigenvalue weighted by Crippen LogP contribution is 2.11. The van der Waals surface area contributed by atoms with Crippen LogP contribution in [-0.4, -0.2) is 57.0 Å². The lowest BCUT2D eigenvalue weighted by atomic mass is 10.0. The lowest BCUT2D eigenvalue weighted by Crippen LogP contribution is -2.42. The normalized spacial score (nSPS) is 21.2. The number of hydrogen-bond donors (Lipinski definition) is 3. The number of nitrogens with one attached hydrogen (secondary N) is 3. The van der Waals surface area contributed by atoms with Crippen molar-refractivity contribution in [2.75, 3.05) is 24.6 Å². The number of sulfone groups is 1. The lowest BCUT2D eigenvalue weighted by Gasteiger charge is -2.18. The third-order valence-electron chi connectivity index (χ3n) is 4.11. The van der Waals surface area contributed by atoms with Crippen LogP contribution in [0.1, 0.15) is 53.4 Å². The molecule has 1 fully saturated rings. The van der Waals surface area contributed by atoms with Crippen LogP contribution in [0.15, 0.2) is 4.99 Å². The molecule has 0 saturated carbocycles. The molecule has 1 heterocycles. The largest absolute Gasteiger partial charge is 0.357 e. The average molecular weight is 375 g/mol. The Balaban J connectivity index is 2.37. The van der Waals surface area contributed by atoms with Crippen molar-refractivity contribution in [3.63, 3.8) is 0 Å². The smallest absolute Gasteiger partial charge is 0.222 e. The Hall–Kier alpha value is -1.31. The van der Waals surface area contributed by atoms with Crippen molar-refractivity contribution in [1.82, 2.24) is 16.0 Å². The zero-order valence-electron chi connectivity index (χ0n) is 16.0. The summed E-state index contributed by atoms with van der Waals surface area (Å²) in [6.07, 6.45) is 2.99. The number of guanidine groups is 1. The maximum absolute atomic E-state index is 11.9. The number of nitrogens with zero attached hydrogens (tertiary/aromatic N) is 1. The number of hydrogen-bond acceptors (Lipinski definition) is 4. The van der Waals surface area contributed by atoms with Gasteiger partial charge < -0.3 is 16.0 Å². The maximum atomic E-state index is 11.9. The Labute approximate surface area is 152 Å². The Morgan fingerprint density at radius 2 is 1.96 bits per heavy atom. The van der Waals surface area contributed by atoms with Gasteiger partial charge in [-0.15, -0.1) is 0 Å². The highest BCUT2D eigenvalue weighted by atomic mass is 32.2. The van der Waals surface area contributed by atoms with E-state index < -0.39 is 9.84 Å². The molecule has 1 saturated heterocycles. The fourth-order valence-corrected chi connectivity index (χ4v) is 4.36. The molecule has 1 rings (SSSR count). The molecule has 0 aromatic rings. The molecule has 25 heavy (non-hydrogen) atoms. The van der Waals surface area contributed by atoms with Crippen molar-refractivity contribution in [1.29, 1.82) is 0 Å². The van der Waals surface area contributed by atoms with E-state index in [-0.39, 0.29) is 29.9 Å². The van der Waals surface area contributed by atoms with Crippen LogP contribution in [0, 0.1) is 5.92 Å². The van der Waals surface area contributed by atoms with Crippen molar-refractivity contribution in [3.05, 3.63) is 0 Å². The zero-order chi connectivity index (χ0) is 18.9. The first-order chi connectivity index (χ1) is 11.7. The summed E-state index contributed by atoms with van der Waals surface area (Å²) in [4.78, 5) is 16.4. The summed E-state index contributed by atoms with van der Waals surface area (Å²) in [6.45, 7) is 9.68. The van der Waals surface area contributed by atoms with Crippen molar-refractivity contribution < 1.29 is 13.2 Å². The fraction of sp³-hybridized carbons (Fsp3) is 0.882. The molecule has 3 N–H and O–H groups in total. The minimum atomic E-state index is -2.97. The Morgan fingerprint density at radius 1 is 1.24 bits per heavy atom. The quantitative estimate of drug-likeness (QED) is 0.414. The van der Waals surface area contributed by atoms with Crippen LogP contribution in [0.3, 0.4) is 0 Å². The second kappa shape index (κ2) is 10.6. The van der Waals surface area contributed by atoms with Crippen molar-refractivity contribution >= 4 is 21.7 Å². The van der Waals surface area contributed by atoms with Gasteiger partial charge in [0.2, 0.25) is 5.91 Å². The van der Waals surface area contributed by atoms with Gasteiger partial charge in [-0.25, -0.2) is 8.42 Å². The maximum Gasteiger partial charge on any atom is 0.222 e. The molecule has 0 bridgehead atoms. The molecule has 1 amide bonds. The summed E-state index contributed by atoms with van der Waals surface area (Å²) in [7, 11) is -2.97. The molecule has 0 radical (unpaired) electrons. The molecule has 8 heteroatoms. The van der Waals surface area contributed by atoms with E-state index in [4.69, 9.17) is 0 Å². The van der Waals surface area contributed by atoms with Gasteiger partial charge in [-0.05, 0) is 39.0 Å². The molecule has 2 unspecified atom stereocenters. The molecule has 0 spiro atoms. The van der Waals surface area contributed by atoms with E-state index in [9.17, 15) is 13.2 Å². The van der Waals surface area contributed by atoms with E-state index in [1.54, 1.807) is 0 Å². The van der Waals surface area contributed by atoms with E-state index in [0.717, 1.165) is 25.3 Å². The Bertz CT molecular complexity index is 546. The van der Waals surface area contributed by atoms with Gasteiger partial charge in [-0.2, -0.15) is 0 Å². The molecule has 2 atom stereocenters. The minimum absolute atomic E-state index is 0.0551. The third-order valence-corrected chi connectivity index (χ3v) is 5.88. The molecule has 1 aliphatic heterocycles. The van der Waals surface area contributed by atoms with Crippen LogP contribution >= 0.6 is 0 Å². The van der Waals surface area contributed by atoms with Crippen LogP contribution in [-0.2, 0) is 14.6 Å². The topological polar surface area (TPSA) is 99.7 Å². The summed E-state index contributed by atoms with van der Waals surface area (Å²) < 4.78 is 22.8. The van der Waals surface area contributed by atoms with E-state index in [1.165, 1.54) is 0 Å². The molecule has 0 aromatic heterocycles. The summed E-state index contributed by atoms with van der Waals surface area (Å²) in [5.74, 6) is 1.47. The van der Waals surface area contributed by atoms with Gasteiger partial charge in [0.25, 0.3) is 0 Å². The summed E-state index contributed by atoms with van der Waals surface area (Å²) in [6, 6.07) is 0.0709. The monoisotopic (exact) mass is 374 g/mol. The lowest BCUT2D eigenvalue weighted by molar-refractivity contribution is -0.121. The van der Waals surface area contributed by atoms with Gasteiger partial charge >= 0.3 is 0 Å². The predicted octanol–water partition coefficient (Wildman–Crippen LogP) is 1.06. The molecule has 0 aliphatic carbocycles. The number of carbonyl (C=O) groups is 1. The Morgan fingerprint density at radius 3 is 2.52 bits per heavy atom. The van der Waals surface area contributed by atoms with Crippen LogP contribution in [0.25, 0.3) is 0 Å². The SMILES string of the molecule is CCNC(=NCCC(=O)NC1CCS(=O)(=O)C1)NC(C)CCC(C)C. The zero-order valence-corrected chi connectivity index (χ0v) is 16.8. The first-order valence-electron chi connectivity index (χ1n) is 9.26. The van der Waals surface area contributed by atoms with Crippen molar-refractivity contribution in [3.8, 4) is 0 Å². The Kier molecular flexibility index (Phi) is 9.24. The number of carbonyl (C=O) groups excluding carboxylic acids is 1. The van der Waals surface area contributed by atoms with Gasteiger partial charge in [0.15, 0.2) is 15.8 Å². The third kappa shape index (κ3) is 9.67. The fourth-order valence-electron chi connectivity index (χ4n) is 2.69. The highest BCUT2D eigenvalue weighted by molar-refractivity contribution is 7.91. The number of aliphatic imine (C=N–C) groups is 1. The van der Waals surface area contributed by atoms with E-state index in [1.807, 2.05) is 6.92 Å². The van der Waals surface area contributed by atoms with E-state index >= 15 is 0 Å². The predicted molar refractivity (Wildman–Crippen MR) is 102 cm³/mol. The second-order valence-corrected chi connectivity index (χ2v) is 9.42. The van der Waals surface area contributed by atoms with E-state index in [0.29, 0.717) is 24.9 Å².